The summed E-state index contributed by atoms with van der Waals surface area (Å²) in [5.74, 6) is -7.05. The summed E-state index contributed by atoms with van der Waals surface area (Å²) in [6.07, 6.45) is 0. The number of nitrogens with zero attached hydrogens (tertiary/aromatic N) is 2. The number of allylic oxidation sites excluding steroid dienone is 2. The quantitative estimate of drug-likeness (QED) is 0.0823. The first kappa shape index (κ1) is 32.6. The van der Waals surface area contributed by atoms with Crippen LogP contribution in [0, 0.1) is 11.8 Å². The Balaban J connectivity index is 1.33. The lowest BCUT2D eigenvalue weighted by atomic mass is 9.84. The summed E-state index contributed by atoms with van der Waals surface area (Å²) in [5, 5.41) is 2.63. The minimum absolute atomic E-state index is 0.00284. The second-order valence-electron chi connectivity index (χ2n) is 10.3. The van der Waals surface area contributed by atoms with Gasteiger partial charge in [0.25, 0.3) is 17.7 Å². The van der Waals surface area contributed by atoms with Crippen molar-refractivity contribution in [2.45, 2.75) is 14.1 Å². The number of rotatable bonds is 7. The van der Waals surface area contributed by atoms with Gasteiger partial charge < -0.3 is 4.74 Å². The molecule has 0 spiro atoms. The van der Waals surface area contributed by atoms with Gasteiger partial charge in [-0.2, -0.15) is 5.01 Å². The van der Waals surface area contributed by atoms with Crippen LogP contribution in [0.5, 0.6) is 5.75 Å². The van der Waals surface area contributed by atoms with Gasteiger partial charge in [0.05, 0.1) is 21.9 Å². The molecule has 3 aliphatic rings. The summed E-state index contributed by atoms with van der Waals surface area (Å²) in [4.78, 5) is 63.9. The molecule has 1 aromatic heterocycles. The van der Waals surface area contributed by atoms with E-state index < -0.39 is 61.9 Å². The lowest BCUT2D eigenvalue weighted by Gasteiger charge is -2.36. The van der Waals surface area contributed by atoms with Crippen molar-refractivity contribution in [1.82, 2.24) is 10.0 Å². The van der Waals surface area contributed by atoms with Crippen molar-refractivity contribution in [3.8, 4) is 5.75 Å². The second kappa shape index (κ2) is 11.4. The Kier molecular flexibility index (Phi) is 8.27. The number of alkyl halides is 4. The van der Waals surface area contributed by atoms with Crippen molar-refractivity contribution in [2.75, 3.05) is 6.54 Å². The maximum absolute atomic E-state index is 14.0. The number of amides is 3. The van der Waals surface area contributed by atoms with Crippen LogP contribution in [-0.4, -0.2) is 60.1 Å². The van der Waals surface area contributed by atoms with Crippen LogP contribution in [-0.2, 0) is 9.59 Å². The summed E-state index contributed by atoms with van der Waals surface area (Å²) < 4.78 is 3.15. The minimum atomic E-state index is -2.18. The Morgan fingerprint density at radius 3 is 1.84 bits per heavy atom. The highest BCUT2D eigenvalue weighted by molar-refractivity contribution is 7.12. The average molecular weight is 768 g/mol. The molecular formula is C29H15Cl7N2O6S. The molecule has 2 heterocycles. The number of hydrazine groups is 1. The van der Waals surface area contributed by atoms with E-state index in [9.17, 15) is 24.0 Å². The fraction of sp³-hybridized carbons (Fsp3) is 0.207. The van der Waals surface area contributed by atoms with Crippen LogP contribution in [0.4, 0.5) is 0 Å². The highest BCUT2D eigenvalue weighted by Crippen LogP contribution is 2.77. The van der Waals surface area contributed by atoms with Gasteiger partial charge in [-0.1, -0.05) is 64.1 Å². The average Bonchev–Trinajstić information content (AvgIpc) is 3.70. The van der Waals surface area contributed by atoms with Gasteiger partial charge in [0.15, 0.2) is 10.1 Å². The van der Waals surface area contributed by atoms with Crippen molar-refractivity contribution >= 4 is 122 Å². The zero-order chi connectivity index (χ0) is 32.6. The molecular weight excluding hydrogens is 753 g/mol. The predicted octanol–water partition coefficient (Wildman–Crippen LogP) is 7.31. The van der Waals surface area contributed by atoms with Crippen LogP contribution >= 0.6 is 92.5 Å². The molecule has 0 N–H and O–H groups in total. The Hall–Kier alpha value is -2.34. The number of carbonyl (C=O) groups excluding carboxylic acids is 5. The van der Waals surface area contributed by atoms with Gasteiger partial charge in [0.2, 0.25) is 0 Å². The first-order chi connectivity index (χ1) is 21.2. The van der Waals surface area contributed by atoms with Crippen LogP contribution in [0.3, 0.4) is 0 Å². The fourth-order valence-corrected chi connectivity index (χ4v) is 9.34. The fourth-order valence-electron chi connectivity index (χ4n) is 5.68. The van der Waals surface area contributed by atoms with Crippen molar-refractivity contribution in [3.05, 3.63) is 97.1 Å². The Labute approximate surface area is 294 Å². The van der Waals surface area contributed by atoms with E-state index in [0.29, 0.717) is 19.9 Å². The standard InChI is InChI=1S/C29H15Cl7N2O6S/c30-15-7-3-14(4-8-15)23(40)37(12-17(39)13-5-9-16(10-6-13)44-26(43)18-2-1-11-45-18)38-24(41)19-20(25(38)42)28(34)22(32)21(31)27(19,33)29(28,35)36/h1-11,19-20H,12H2/t19-,20+,27-,28-/m1/s1. The number of ketones is 1. The summed E-state index contributed by atoms with van der Waals surface area (Å²) >= 11 is 46.7. The molecule has 232 valence electrons. The number of hydrogen-bond acceptors (Lipinski definition) is 7. The van der Waals surface area contributed by atoms with Gasteiger partial charge in [0.1, 0.15) is 26.9 Å². The number of halogens is 7. The van der Waals surface area contributed by atoms with Crippen LogP contribution < -0.4 is 4.74 Å². The predicted molar refractivity (Wildman–Crippen MR) is 172 cm³/mol. The lowest BCUT2D eigenvalue weighted by Crippen LogP contribution is -2.56. The van der Waals surface area contributed by atoms with E-state index in [2.05, 4.69) is 0 Å². The Morgan fingerprint density at radius 2 is 1.33 bits per heavy atom. The molecule has 1 saturated carbocycles. The van der Waals surface area contributed by atoms with Crippen molar-refractivity contribution in [2.24, 2.45) is 11.8 Å². The van der Waals surface area contributed by atoms with Gasteiger partial charge in [0, 0.05) is 16.1 Å². The molecule has 2 aromatic carbocycles. The zero-order valence-electron chi connectivity index (χ0n) is 22.1. The molecule has 1 aliphatic heterocycles. The van der Waals surface area contributed by atoms with Crippen molar-refractivity contribution < 1.29 is 28.7 Å². The SMILES string of the molecule is O=C(CN(C(=O)c1ccc(Cl)cc1)N1C(=O)[C@@H]2[C@H](C1=O)[C@@]1(Cl)C(Cl)=C(Cl)[C@@]2(Cl)C1(Cl)Cl)c1ccc(OC(=O)c2cccs2)cc1. The largest absolute Gasteiger partial charge is 0.422 e. The van der Waals surface area contributed by atoms with E-state index in [-0.39, 0.29) is 26.9 Å². The molecule has 3 aromatic rings. The first-order valence-electron chi connectivity index (χ1n) is 12.8. The molecule has 8 nitrogen and oxygen atoms in total. The molecule has 3 amide bonds. The van der Waals surface area contributed by atoms with Crippen LogP contribution in [0.2, 0.25) is 5.02 Å². The smallest absolute Gasteiger partial charge is 0.353 e. The number of hydrogen-bond donors (Lipinski definition) is 0. The second-order valence-corrected chi connectivity index (χ2v) is 14.9. The van der Waals surface area contributed by atoms with Crippen molar-refractivity contribution in [3.63, 3.8) is 0 Å². The van der Waals surface area contributed by atoms with Gasteiger partial charge in [-0.15, -0.1) is 34.5 Å². The molecule has 0 radical (unpaired) electrons. The third kappa shape index (κ3) is 4.65. The van der Waals surface area contributed by atoms with E-state index in [4.69, 9.17) is 85.9 Å². The molecule has 0 unspecified atom stereocenters. The molecule has 6 rings (SSSR count). The van der Waals surface area contributed by atoms with Gasteiger partial charge >= 0.3 is 5.97 Å². The summed E-state index contributed by atoms with van der Waals surface area (Å²) in [5.41, 5.74) is 0.0816. The number of carbonyl (C=O) groups is 5. The van der Waals surface area contributed by atoms with Gasteiger partial charge in [-0.05, 0) is 60.0 Å². The number of thiophene rings is 1. The topological polar surface area (TPSA) is 101 Å². The minimum Gasteiger partial charge on any atom is -0.422 e. The molecule has 2 aliphatic carbocycles. The number of imide groups is 1. The molecule has 2 fully saturated rings. The molecule has 45 heavy (non-hydrogen) atoms. The molecule has 16 heteroatoms. The van der Waals surface area contributed by atoms with E-state index in [0.717, 1.165) is 0 Å². The van der Waals surface area contributed by atoms with Crippen molar-refractivity contribution in [1.29, 1.82) is 0 Å². The monoisotopic (exact) mass is 764 g/mol. The summed E-state index contributed by atoms with van der Waals surface area (Å²) in [6.45, 7) is -0.779. The Bertz CT molecular complexity index is 1770. The van der Waals surface area contributed by atoms with Crippen LogP contribution in [0.1, 0.15) is 30.4 Å². The third-order valence-electron chi connectivity index (χ3n) is 7.86. The Morgan fingerprint density at radius 1 is 0.800 bits per heavy atom. The van der Waals surface area contributed by atoms with E-state index in [1.54, 1.807) is 17.5 Å². The van der Waals surface area contributed by atoms with Crippen LogP contribution in [0.15, 0.2) is 76.1 Å². The number of ether oxygens (including phenoxy) is 1. The number of esters is 1. The van der Waals surface area contributed by atoms with Gasteiger partial charge in [-0.3, -0.25) is 19.2 Å². The third-order valence-corrected chi connectivity index (χ3v) is 13.2. The number of Topliss-reactive ketones (excluding diaryl/α,β-unsaturated/α-hetero) is 1. The molecule has 2 bridgehead atoms. The molecule has 4 atom stereocenters. The van der Waals surface area contributed by atoms with E-state index >= 15 is 0 Å². The first-order valence-corrected chi connectivity index (χ1v) is 16.3. The van der Waals surface area contributed by atoms with Gasteiger partial charge in [-0.25, -0.2) is 9.80 Å². The van der Waals surface area contributed by atoms with Crippen LogP contribution in [0.25, 0.3) is 0 Å². The number of fused-ring (bicyclic) bond motifs is 5. The molecule has 1 saturated heterocycles. The van der Waals surface area contributed by atoms with E-state index in [1.165, 1.54) is 59.9 Å². The highest BCUT2D eigenvalue weighted by atomic mass is 35.5. The summed E-state index contributed by atoms with van der Waals surface area (Å²) in [7, 11) is 0. The summed E-state index contributed by atoms with van der Waals surface area (Å²) in [6, 6.07) is 14.4. The maximum atomic E-state index is 14.0. The zero-order valence-corrected chi connectivity index (χ0v) is 28.2. The normalized spacial score (nSPS) is 26.3. The maximum Gasteiger partial charge on any atom is 0.353 e. The number of benzene rings is 2. The lowest BCUT2D eigenvalue weighted by molar-refractivity contribution is -0.154. The highest BCUT2D eigenvalue weighted by Gasteiger charge is 2.88. The van der Waals surface area contributed by atoms with E-state index in [1.807, 2.05) is 0 Å².